The molecule has 0 radical (unpaired) electrons. The minimum atomic E-state index is -4.26. The molecule has 0 bridgehead atoms. The summed E-state index contributed by atoms with van der Waals surface area (Å²) in [6.07, 6.45) is -5.28. The van der Waals surface area contributed by atoms with Crippen LogP contribution in [-0.2, 0) is 10.3 Å². The quantitative estimate of drug-likeness (QED) is 0.810. The van der Waals surface area contributed by atoms with Gasteiger partial charge in [-0.3, -0.25) is 0 Å². The fraction of sp³-hybridized carbons (Fsp3) is 0.455. The molecular formula is C11H12BrF3O. The molecule has 1 atom stereocenters. The molecule has 0 aliphatic rings. The summed E-state index contributed by atoms with van der Waals surface area (Å²) in [7, 11) is 1.28. The normalized spacial score (nSPS) is 15.9. The lowest BCUT2D eigenvalue weighted by molar-refractivity contribution is -0.181. The standard InChI is InChI=1S/C11H12BrF3O/c1-10(16-2,7-11(13,14)15)8-5-3-4-6-9(8)12/h3-6H,7H2,1-2H3. The van der Waals surface area contributed by atoms with E-state index in [2.05, 4.69) is 15.9 Å². The molecule has 1 unspecified atom stereocenters. The first kappa shape index (κ1) is 13.5. The number of rotatable bonds is 3. The van der Waals surface area contributed by atoms with Crippen molar-refractivity contribution in [2.45, 2.75) is 25.1 Å². The lowest BCUT2D eigenvalue weighted by Gasteiger charge is -2.30. The third kappa shape index (κ3) is 3.22. The maximum atomic E-state index is 12.5. The van der Waals surface area contributed by atoms with Crippen molar-refractivity contribution in [3.8, 4) is 0 Å². The molecule has 0 aromatic heterocycles. The predicted molar refractivity (Wildman–Crippen MR) is 59.2 cm³/mol. The minimum Gasteiger partial charge on any atom is -0.373 e. The van der Waals surface area contributed by atoms with E-state index >= 15 is 0 Å². The fourth-order valence-electron chi connectivity index (χ4n) is 1.55. The van der Waals surface area contributed by atoms with Crippen LogP contribution in [0, 0.1) is 0 Å². The molecule has 0 saturated heterocycles. The molecule has 0 fully saturated rings. The lowest BCUT2D eigenvalue weighted by Crippen LogP contribution is -2.31. The summed E-state index contributed by atoms with van der Waals surface area (Å²) >= 11 is 3.23. The maximum absolute atomic E-state index is 12.5. The second-order valence-electron chi connectivity index (χ2n) is 3.71. The zero-order chi connectivity index (χ0) is 12.4. The Morgan fingerprint density at radius 1 is 1.25 bits per heavy atom. The van der Waals surface area contributed by atoms with Gasteiger partial charge in [0, 0.05) is 11.6 Å². The van der Waals surface area contributed by atoms with Gasteiger partial charge in [0.1, 0.15) is 0 Å². The van der Waals surface area contributed by atoms with Gasteiger partial charge in [-0.05, 0) is 18.6 Å². The smallest absolute Gasteiger partial charge is 0.373 e. The van der Waals surface area contributed by atoms with E-state index in [0.29, 0.717) is 10.0 Å². The molecule has 0 saturated carbocycles. The average molecular weight is 297 g/mol. The van der Waals surface area contributed by atoms with E-state index in [1.54, 1.807) is 24.3 Å². The molecule has 1 rings (SSSR count). The fourth-order valence-corrected chi connectivity index (χ4v) is 2.25. The number of hydrogen-bond acceptors (Lipinski definition) is 1. The molecule has 0 amide bonds. The van der Waals surface area contributed by atoms with E-state index in [1.165, 1.54) is 14.0 Å². The van der Waals surface area contributed by atoms with Crippen LogP contribution in [0.5, 0.6) is 0 Å². The van der Waals surface area contributed by atoms with Crippen LogP contribution in [0.25, 0.3) is 0 Å². The van der Waals surface area contributed by atoms with Crippen molar-refractivity contribution >= 4 is 15.9 Å². The largest absolute Gasteiger partial charge is 0.392 e. The van der Waals surface area contributed by atoms with Crippen molar-refractivity contribution in [2.75, 3.05) is 7.11 Å². The molecule has 0 aliphatic carbocycles. The summed E-state index contributed by atoms with van der Waals surface area (Å²) in [6.45, 7) is 1.43. The number of alkyl halides is 3. The van der Waals surface area contributed by atoms with Gasteiger partial charge in [0.05, 0.1) is 12.0 Å². The van der Waals surface area contributed by atoms with Crippen LogP contribution in [0.4, 0.5) is 13.2 Å². The van der Waals surface area contributed by atoms with E-state index in [0.717, 1.165) is 0 Å². The van der Waals surface area contributed by atoms with Crippen LogP contribution < -0.4 is 0 Å². The highest BCUT2D eigenvalue weighted by Crippen LogP contribution is 2.39. The Balaban J connectivity index is 3.10. The second-order valence-corrected chi connectivity index (χ2v) is 4.56. The minimum absolute atomic E-state index is 0.495. The second kappa shape index (κ2) is 4.75. The first-order valence-corrected chi connectivity index (χ1v) is 5.45. The monoisotopic (exact) mass is 296 g/mol. The first-order valence-electron chi connectivity index (χ1n) is 4.65. The Morgan fingerprint density at radius 2 is 1.81 bits per heavy atom. The van der Waals surface area contributed by atoms with E-state index in [4.69, 9.17) is 4.74 Å². The van der Waals surface area contributed by atoms with Crippen molar-refractivity contribution in [2.24, 2.45) is 0 Å². The Labute approximate surface area is 101 Å². The van der Waals surface area contributed by atoms with Gasteiger partial charge in [-0.25, -0.2) is 0 Å². The van der Waals surface area contributed by atoms with E-state index in [1.807, 2.05) is 0 Å². The zero-order valence-electron chi connectivity index (χ0n) is 8.94. The van der Waals surface area contributed by atoms with Crippen LogP contribution in [-0.4, -0.2) is 13.3 Å². The highest BCUT2D eigenvalue weighted by Gasteiger charge is 2.41. The zero-order valence-corrected chi connectivity index (χ0v) is 10.5. The highest BCUT2D eigenvalue weighted by molar-refractivity contribution is 9.10. The first-order chi connectivity index (χ1) is 7.28. The molecule has 1 nitrogen and oxygen atoms in total. The molecule has 16 heavy (non-hydrogen) atoms. The van der Waals surface area contributed by atoms with Crippen LogP contribution in [0.1, 0.15) is 18.9 Å². The molecule has 0 aliphatic heterocycles. The highest BCUT2D eigenvalue weighted by atomic mass is 79.9. The van der Waals surface area contributed by atoms with Crippen molar-refractivity contribution in [3.05, 3.63) is 34.3 Å². The van der Waals surface area contributed by atoms with Crippen molar-refractivity contribution in [1.82, 2.24) is 0 Å². The van der Waals surface area contributed by atoms with E-state index in [9.17, 15) is 13.2 Å². The molecule has 90 valence electrons. The summed E-state index contributed by atoms with van der Waals surface area (Å²) in [4.78, 5) is 0. The summed E-state index contributed by atoms with van der Waals surface area (Å²) in [5.41, 5.74) is -0.868. The summed E-state index contributed by atoms with van der Waals surface area (Å²) in [5, 5.41) is 0. The molecule has 0 spiro atoms. The summed E-state index contributed by atoms with van der Waals surface area (Å²) in [6, 6.07) is 6.76. The Bertz CT molecular complexity index is 364. The summed E-state index contributed by atoms with van der Waals surface area (Å²) < 4.78 is 43.0. The van der Waals surface area contributed by atoms with Crippen molar-refractivity contribution in [1.29, 1.82) is 0 Å². The van der Waals surface area contributed by atoms with Gasteiger partial charge in [0.15, 0.2) is 0 Å². The Kier molecular flexibility index (Phi) is 4.02. The SMILES string of the molecule is COC(C)(CC(F)(F)F)c1ccccc1Br. The molecule has 1 aromatic rings. The van der Waals surface area contributed by atoms with Gasteiger partial charge in [-0.1, -0.05) is 34.1 Å². The van der Waals surface area contributed by atoms with E-state index < -0.39 is 18.2 Å². The Morgan fingerprint density at radius 3 is 2.25 bits per heavy atom. The molecule has 0 N–H and O–H groups in total. The Hall–Kier alpha value is -0.550. The average Bonchev–Trinajstić information content (AvgIpc) is 2.15. The molecule has 1 aromatic carbocycles. The topological polar surface area (TPSA) is 9.23 Å². The number of benzene rings is 1. The third-order valence-corrected chi connectivity index (χ3v) is 3.12. The van der Waals surface area contributed by atoms with E-state index in [-0.39, 0.29) is 0 Å². The predicted octanol–water partition coefficient (Wildman–Crippen LogP) is 4.26. The van der Waals surface area contributed by atoms with Crippen molar-refractivity contribution in [3.63, 3.8) is 0 Å². The van der Waals surface area contributed by atoms with Crippen LogP contribution in [0.3, 0.4) is 0 Å². The van der Waals surface area contributed by atoms with Crippen molar-refractivity contribution < 1.29 is 17.9 Å². The third-order valence-electron chi connectivity index (χ3n) is 2.43. The molecule has 5 heteroatoms. The van der Waals surface area contributed by atoms with Gasteiger partial charge in [0.2, 0.25) is 0 Å². The summed E-state index contributed by atoms with van der Waals surface area (Å²) in [5.74, 6) is 0. The van der Waals surface area contributed by atoms with Gasteiger partial charge < -0.3 is 4.74 Å². The van der Waals surface area contributed by atoms with Crippen LogP contribution in [0.2, 0.25) is 0 Å². The van der Waals surface area contributed by atoms with Gasteiger partial charge in [-0.2, -0.15) is 13.2 Å². The lowest BCUT2D eigenvalue weighted by atomic mass is 9.92. The number of methoxy groups -OCH3 is 1. The molecule has 0 heterocycles. The number of hydrogen-bond donors (Lipinski definition) is 0. The molecular weight excluding hydrogens is 285 g/mol. The maximum Gasteiger partial charge on any atom is 0.392 e. The van der Waals surface area contributed by atoms with Gasteiger partial charge >= 0.3 is 6.18 Å². The van der Waals surface area contributed by atoms with Gasteiger partial charge in [0.25, 0.3) is 0 Å². The van der Waals surface area contributed by atoms with Crippen LogP contribution in [0.15, 0.2) is 28.7 Å². The van der Waals surface area contributed by atoms with Crippen LogP contribution >= 0.6 is 15.9 Å². The number of halogens is 4. The number of ether oxygens (including phenoxy) is 1. The van der Waals surface area contributed by atoms with Gasteiger partial charge in [-0.15, -0.1) is 0 Å².